The van der Waals surface area contributed by atoms with E-state index in [1.54, 1.807) is 7.11 Å². The lowest BCUT2D eigenvalue weighted by atomic mass is 9.95. The highest BCUT2D eigenvalue weighted by molar-refractivity contribution is 7.15. The van der Waals surface area contributed by atoms with E-state index in [-0.39, 0.29) is 12.1 Å². The Bertz CT molecular complexity index is 1410. The van der Waals surface area contributed by atoms with E-state index >= 15 is 0 Å². The van der Waals surface area contributed by atoms with Crippen molar-refractivity contribution >= 4 is 23.1 Å². The van der Waals surface area contributed by atoms with Gasteiger partial charge in [-0.2, -0.15) is 0 Å². The Kier molecular flexibility index (Phi) is 5.84. The van der Waals surface area contributed by atoms with Crippen molar-refractivity contribution in [1.29, 1.82) is 0 Å². The highest BCUT2D eigenvalue weighted by atomic mass is 32.1. The van der Waals surface area contributed by atoms with Crippen molar-refractivity contribution in [2.75, 3.05) is 12.4 Å². The number of nitrogens with one attached hydrogen (secondary N) is 1. The average molecular weight is 498 g/mol. The summed E-state index contributed by atoms with van der Waals surface area (Å²) < 4.78 is 7.73. The zero-order chi connectivity index (χ0) is 24.8. The van der Waals surface area contributed by atoms with E-state index in [4.69, 9.17) is 4.74 Å². The van der Waals surface area contributed by atoms with E-state index in [1.165, 1.54) is 33.8 Å². The summed E-state index contributed by atoms with van der Waals surface area (Å²) in [5.74, 6) is 0.808. The molecule has 1 unspecified atom stereocenters. The first kappa shape index (κ1) is 22.9. The monoisotopic (exact) mass is 497 g/mol. The predicted molar refractivity (Wildman–Crippen MR) is 146 cm³/mol. The molecule has 0 saturated heterocycles. The number of anilines is 1. The molecule has 1 atom stereocenters. The number of urea groups is 1. The quantitative estimate of drug-likeness (QED) is 0.326. The molecular weight excluding hydrogens is 466 g/mol. The number of hydrogen-bond acceptors (Lipinski definition) is 3. The van der Waals surface area contributed by atoms with Crippen LogP contribution < -0.4 is 10.1 Å². The summed E-state index contributed by atoms with van der Waals surface area (Å²) in [4.78, 5) is 17.6. The van der Waals surface area contributed by atoms with Crippen LogP contribution in [0.4, 0.5) is 10.5 Å². The van der Waals surface area contributed by atoms with Gasteiger partial charge in [0.2, 0.25) is 0 Å². The maximum absolute atomic E-state index is 14.1. The van der Waals surface area contributed by atoms with Gasteiger partial charge in [0.15, 0.2) is 0 Å². The van der Waals surface area contributed by atoms with Crippen LogP contribution in [0.25, 0.3) is 5.00 Å². The van der Waals surface area contributed by atoms with Gasteiger partial charge in [-0.3, -0.25) is 0 Å². The number of carbonyl (C=O) groups excluding carboxylic acids is 1. The Labute approximate surface area is 216 Å². The van der Waals surface area contributed by atoms with E-state index in [0.717, 1.165) is 46.7 Å². The van der Waals surface area contributed by atoms with Gasteiger partial charge in [0.05, 0.1) is 25.4 Å². The number of ether oxygens (including phenoxy) is 1. The summed E-state index contributed by atoms with van der Waals surface area (Å²) in [6.45, 7) is 4.70. The SMILES string of the molecule is COc1ccc(C2c3cccn3-c3sc4c(c3CN2C(=O)Nc2cc(C)cc(C)c2)CCCC4)cc1. The van der Waals surface area contributed by atoms with Crippen molar-refractivity contribution < 1.29 is 9.53 Å². The van der Waals surface area contributed by atoms with Crippen LogP contribution in [0.3, 0.4) is 0 Å². The van der Waals surface area contributed by atoms with E-state index in [9.17, 15) is 4.79 Å². The number of methoxy groups -OCH3 is 1. The predicted octanol–water partition coefficient (Wildman–Crippen LogP) is 7.18. The molecule has 1 aliphatic heterocycles. The topological polar surface area (TPSA) is 46.5 Å². The molecule has 1 aliphatic carbocycles. The van der Waals surface area contributed by atoms with Gasteiger partial charge in [0.1, 0.15) is 10.8 Å². The average Bonchev–Trinajstić information content (AvgIpc) is 3.45. The van der Waals surface area contributed by atoms with Crippen molar-refractivity contribution in [3.05, 3.63) is 99.2 Å². The number of amides is 2. The van der Waals surface area contributed by atoms with Gasteiger partial charge >= 0.3 is 6.03 Å². The standard InChI is InChI=1S/C30H31N3O2S/c1-19-15-20(2)17-22(16-19)31-30(34)33-18-25-24-7-4-5-9-27(24)36-29(25)32-14-6-8-26(32)28(33)21-10-12-23(35-3)13-11-21/h6,8,10-17,28H,4-5,7,9,18H2,1-3H3,(H,31,34). The Morgan fingerprint density at radius 2 is 1.75 bits per heavy atom. The van der Waals surface area contributed by atoms with Crippen LogP contribution in [0, 0.1) is 13.8 Å². The zero-order valence-electron chi connectivity index (χ0n) is 21.0. The summed E-state index contributed by atoms with van der Waals surface area (Å²) in [7, 11) is 1.68. The van der Waals surface area contributed by atoms with E-state index in [1.807, 2.05) is 40.5 Å². The number of aryl methyl sites for hydroxylation is 3. The Morgan fingerprint density at radius 3 is 2.50 bits per heavy atom. The summed E-state index contributed by atoms with van der Waals surface area (Å²) in [6.07, 6.45) is 6.84. The van der Waals surface area contributed by atoms with Gasteiger partial charge < -0.3 is 19.5 Å². The molecule has 0 fully saturated rings. The molecule has 3 heterocycles. The van der Waals surface area contributed by atoms with Crippen molar-refractivity contribution in [1.82, 2.24) is 9.47 Å². The van der Waals surface area contributed by atoms with Crippen LogP contribution in [-0.4, -0.2) is 22.6 Å². The van der Waals surface area contributed by atoms with Crippen LogP contribution in [0.2, 0.25) is 0 Å². The molecule has 2 aromatic heterocycles. The lowest BCUT2D eigenvalue weighted by molar-refractivity contribution is 0.194. The number of fused-ring (bicyclic) bond motifs is 5. The third-order valence-corrected chi connectivity index (χ3v) is 8.68. The number of carbonyl (C=O) groups is 1. The van der Waals surface area contributed by atoms with E-state index in [0.29, 0.717) is 6.54 Å². The summed E-state index contributed by atoms with van der Waals surface area (Å²) in [5, 5.41) is 4.49. The van der Waals surface area contributed by atoms with Gasteiger partial charge in [-0.25, -0.2) is 4.79 Å². The van der Waals surface area contributed by atoms with Crippen molar-refractivity contribution in [3.63, 3.8) is 0 Å². The first-order chi connectivity index (χ1) is 17.5. The van der Waals surface area contributed by atoms with Crippen LogP contribution in [0.5, 0.6) is 5.75 Å². The van der Waals surface area contributed by atoms with Crippen LogP contribution in [0.15, 0.2) is 60.8 Å². The van der Waals surface area contributed by atoms with Gasteiger partial charge in [-0.05, 0) is 98.2 Å². The molecule has 6 heteroatoms. The summed E-state index contributed by atoms with van der Waals surface area (Å²) >= 11 is 1.91. The second-order valence-corrected chi connectivity index (χ2v) is 11.0. The number of hydrogen-bond donors (Lipinski definition) is 1. The maximum Gasteiger partial charge on any atom is 0.322 e. The minimum Gasteiger partial charge on any atom is -0.497 e. The number of nitrogens with zero attached hydrogens (tertiary/aromatic N) is 2. The number of rotatable bonds is 3. The van der Waals surface area contributed by atoms with Gasteiger partial charge in [-0.1, -0.05) is 18.2 Å². The van der Waals surface area contributed by atoms with Gasteiger partial charge in [0.25, 0.3) is 0 Å². The molecule has 0 spiro atoms. The second kappa shape index (κ2) is 9.17. The Morgan fingerprint density at radius 1 is 1.00 bits per heavy atom. The lowest BCUT2D eigenvalue weighted by Gasteiger charge is -2.31. The lowest BCUT2D eigenvalue weighted by Crippen LogP contribution is -2.38. The fraction of sp³-hybridized carbons (Fsp3) is 0.300. The highest BCUT2D eigenvalue weighted by Crippen LogP contribution is 2.44. The smallest absolute Gasteiger partial charge is 0.322 e. The van der Waals surface area contributed by atoms with Crippen molar-refractivity contribution in [3.8, 4) is 10.8 Å². The third kappa shape index (κ3) is 3.99. The molecule has 36 heavy (non-hydrogen) atoms. The number of benzene rings is 2. The van der Waals surface area contributed by atoms with Crippen LogP contribution >= 0.6 is 11.3 Å². The molecule has 0 radical (unpaired) electrons. The van der Waals surface area contributed by atoms with Crippen LogP contribution in [0.1, 0.15) is 57.3 Å². The first-order valence-electron chi connectivity index (χ1n) is 12.6. The normalized spacial score (nSPS) is 16.5. The molecule has 6 rings (SSSR count). The number of aromatic nitrogens is 1. The van der Waals surface area contributed by atoms with Crippen molar-refractivity contribution in [2.24, 2.45) is 0 Å². The third-order valence-electron chi connectivity index (χ3n) is 7.34. The van der Waals surface area contributed by atoms with Crippen molar-refractivity contribution in [2.45, 2.75) is 52.1 Å². The Hall–Kier alpha value is -3.51. The maximum atomic E-state index is 14.1. The minimum absolute atomic E-state index is 0.0859. The fourth-order valence-electron chi connectivity index (χ4n) is 5.77. The second-order valence-electron chi connectivity index (χ2n) is 9.91. The van der Waals surface area contributed by atoms with Gasteiger partial charge in [-0.15, -0.1) is 11.3 Å². The summed E-state index contributed by atoms with van der Waals surface area (Å²) in [6, 6.07) is 18.2. The Balaban J connectivity index is 1.48. The largest absolute Gasteiger partial charge is 0.497 e. The molecule has 2 amide bonds. The minimum atomic E-state index is -0.226. The molecular formula is C30H31N3O2S. The molecule has 5 nitrogen and oxygen atoms in total. The first-order valence-corrected chi connectivity index (χ1v) is 13.4. The molecule has 1 N–H and O–H groups in total. The van der Waals surface area contributed by atoms with Gasteiger partial charge in [0, 0.05) is 22.3 Å². The summed E-state index contributed by atoms with van der Waals surface area (Å²) in [5.41, 5.74) is 8.03. The van der Waals surface area contributed by atoms with Crippen LogP contribution in [-0.2, 0) is 19.4 Å². The molecule has 0 saturated carbocycles. The molecule has 0 bridgehead atoms. The van der Waals surface area contributed by atoms with E-state index in [2.05, 4.69) is 60.3 Å². The van der Waals surface area contributed by atoms with E-state index < -0.39 is 0 Å². The molecule has 2 aromatic carbocycles. The molecule has 184 valence electrons. The molecule has 4 aromatic rings. The zero-order valence-corrected chi connectivity index (χ0v) is 21.8. The highest BCUT2D eigenvalue weighted by Gasteiger charge is 2.36. The molecule has 2 aliphatic rings. The fourth-order valence-corrected chi connectivity index (χ4v) is 7.17. The number of thiophene rings is 1.